The zero-order chi connectivity index (χ0) is 36.1. The fourth-order valence-corrected chi connectivity index (χ4v) is 7.63. The summed E-state index contributed by atoms with van der Waals surface area (Å²) in [6.45, 7) is 21.4. The van der Waals surface area contributed by atoms with Gasteiger partial charge in [0.25, 0.3) is 0 Å². The highest BCUT2D eigenvalue weighted by Gasteiger charge is 2.36. The van der Waals surface area contributed by atoms with E-state index < -0.39 is 0 Å². The van der Waals surface area contributed by atoms with Crippen LogP contribution in [0.3, 0.4) is 0 Å². The van der Waals surface area contributed by atoms with E-state index in [1.807, 2.05) is 39.8 Å². The molecule has 0 radical (unpaired) electrons. The molecule has 4 heteroatoms. The van der Waals surface area contributed by atoms with Crippen LogP contribution in [0, 0.1) is 24.3 Å². The number of aryl methyl sites for hydroxylation is 2. The summed E-state index contributed by atoms with van der Waals surface area (Å²) in [5.74, 6) is 0.781. The lowest BCUT2D eigenvalue weighted by Crippen LogP contribution is -2.28. The van der Waals surface area contributed by atoms with E-state index in [2.05, 4.69) is 114 Å². The molecule has 2 aliphatic heterocycles. The van der Waals surface area contributed by atoms with Gasteiger partial charge >= 0.3 is 0 Å². The Hall–Kier alpha value is -4.44. The molecule has 0 saturated carbocycles. The Bertz CT molecular complexity index is 1900. The minimum atomic E-state index is -0.364. The van der Waals surface area contributed by atoms with Crippen molar-refractivity contribution in [3.05, 3.63) is 116 Å². The van der Waals surface area contributed by atoms with Gasteiger partial charge in [0.2, 0.25) is 0 Å². The second-order valence-electron chi connectivity index (χ2n) is 16.5. The Morgan fingerprint density at radius 1 is 0.540 bits per heavy atom. The molecular weight excluding hydrogens is 613 g/mol. The molecule has 0 N–H and O–H groups in total. The molecule has 0 fully saturated rings. The average Bonchev–Trinajstić information content (AvgIpc) is 3.65. The fourth-order valence-electron chi connectivity index (χ4n) is 7.63. The van der Waals surface area contributed by atoms with Crippen LogP contribution in [0.5, 0.6) is 0 Å². The molecule has 260 valence electrons. The van der Waals surface area contributed by atoms with E-state index in [4.69, 9.17) is 0 Å². The van der Waals surface area contributed by atoms with Gasteiger partial charge in [-0.1, -0.05) is 76.2 Å². The molecule has 0 amide bonds. The summed E-state index contributed by atoms with van der Waals surface area (Å²) in [4.78, 5) is 0. The van der Waals surface area contributed by atoms with Crippen LogP contribution in [0.1, 0.15) is 137 Å². The summed E-state index contributed by atoms with van der Waals surface area (Å²) < 4.78 is 2.39. The zero-order valence-electron chi connectivity index (χ0n) is 31.8. The van der Waals surface area contributed by atoms with Gasteiger partial charge in [-0.15, -0.1) is 0 Å². The SMILES string of the molecule is Cc1ccc(C(C)C)cc2c(/C=C/C3=[N+]([O-])C(C)(C)CC3)cc(/C=C/c3cc(/C=C/C4=[N+]([O-])C(C)(C)CC4)c4cc(C(C)C)ccc(C)c3-4)c1-2. The Kier molecular flexibility index (Phi) is 9.45. The number of nitrogens with zero attached hydrogens (tertiary/aromatic N) is 2. The smallest absolute Gasteiger partial charge is 0.187 e. The molecule has 6 rings (SSSR count). The van der Waals surface area contributed by atoms with Gasteiger partial charge in [-0.3, -0.25) is 0 Å². The minimum Gasteiger partial charge on any atom is -0.623 e. The van der Waals surface area contributed by atoms with Gasteiger partial charge in [-0.2, -0.15) is 0 Å². The molecule has 0 spiro atoms. The van der Waals surface area contributed by atoms with Crippen molar-refractivity contribution in [1.29, 1.82) is 0 Å². The molecule has 6 aliphatic rings. The number of hydroxylamine groups is 2. The van der Waals surface area contributed by atoms with E-state index in [9.17, 15) is 10.4 Å². The van der Waals surface area contributed by atoms with Crippen molar-refractivity contribution in [3.8, 4) is 22.3 Å². The molecule has 0 saturated heterocycles. The summed E-state index contributed by atoms with van der Waals surface area (Å²) in [6.07, 6.45) is 16.2. The molecule has 0 aromatic carbocycles. The van der Waals surface area contributed by atoms with E-state index in [0.717, 1.165) is 59.4 Å². The van der Waals surface area contributed by atoms with Crippen LogP contribution < -0.4 is 0 Å². The lowest BCUT2D eigenvalue weighted by atomic mass is 9.98. The van der Waals surface area contributed by atoms with Crippen LogP contribution in [-0.4, -0.2) is 32.0 Å². The molecule has 2 heterocycles. The Morgan fingerprint density at radius 3 is 1.22 bits per heavy atom. The molecular formula is C46H54N2O2. The maximum atomic E-state index is 13.0. The van der Waals surface area contributed by atoms with E-state index in [1.165, 1.54) is 54.0 Å². The van der Waals surface area contributed by atoms with Crippen molar-refractivity contribution in [3.63, 3.8) is 0 Å². The number of allylic oxidation sites excluding steroid dienone is 2. The molecule has 0 bridgehead atoms. The third kappa shape index (κ3) is 6.70. The largest absolute Gasteiger partial charge is 0.623 e. The van der Waals surface area contributed by atoms with Gasteiger partial charge in [-0.05, 0) is 117 Å². The van der Waals surface area contributed by atoms with Gasteiger partial charge in [0, 0.05) is 65.5 Å². The number of fused-ring (bicyclic) bond motifs is 2. The van der Waals surface area contributed by atoms with Crippen molar-refractivity contribution in [2.45, 2.75) is 118 Å². The average molecular weight is 667 g/mol. The Morgan fingerprint density at radius 2 is 0.900 bits per heavy atom. The van der Waals surface area contributed by atoms with Gasteiger partial charge in [0.15, 0.2) is 22.5 Å². The summed E-state index contributed by atoms with van der Waals surface area (Å²) >= 11 is 0. The second-order valence-corrected chi connectivity index (χ2v) is 16.5. The normalized spacial score (nSPS) is 17.9. The highest BCUT2D eigenvalue weighted by molar-refractivity contribution is 6.01. The van der Waals surface area contributed by atoms with Crippen molar-refractivity contribution >= 4 is 35.7 Å². The van der Waals surface area contributed by atoms with Gasteiger partial charge in [0.1, 0.15) is 0 Å². The minimum absolute atomic E-state index is 0.364. The Labute approximate surface area is 300 Å². The van der Waals surface area contributed by atoms with Crippen molar-refractivity contribution in [1.82, 2.24) is 0 Å². The number of rotatable bonds is 8. The predicted octanol–water partition coefficient (Wildman–Crippen LogP) is 12.0. The van der Waals surface area contributed by atoms with Crippen LogP contribution >= 0.6 is 0 Å². The maximum Gasteiger partial charge on any atom is 0.187 e. The second kappa shape index (κ2) is 13.4. The van der Waals surface area contributed by atoms with Crippen molar-refractivity contribution < 1.29 is 9.48 Å². The summed E-state index contributed by atoms with van der Waals surface area (Å²) in [5, 5.41) is 26.0. The molecule has 0 unspecified atom stereocenters. The first kappa shape index (κ1) is 35.4. The number of hydrogen-bond acceptors (Lipinski definition) is 2. The Balaban J connectivity index is 1.48. The first-order valence-corrected chi connectivity index (χ1v) is 18.4. The quantitative estimate of drug-likeness (QED) is 0.139. The standard InChI is InChI=1S/C46H54N2O2/c1-29(2)33-13-11-31(5)43-37(25-35(41(43)27-33)17-19-39-21-23-45(7,8)47(39)49)15-16-38-26-36(18-20-40-22-24-46(9,10)48(40)50)42-28-34(30(3)4)14-12-32(6)44(38)42/h11-20,25-30H,21-24H2,1-10H3/b16-15+,19-17+,20-18+. The van der Waals surface area contributed by atoms with Crippen LogP contribution in [0.2, 0.25) is 0 Å². The summed E-state index contributed by atoms with van der Waals surface area (Å²) in [7, 11) is 0. The topological polar surface area (TPSA) is 52.1 Å². The van der Waals surface area contributed by atoms with Crippen LogP contribution in [0.15, 0.2) is 60.7 Å². The van der Waals surface area contributed by atoms with Gasteiger partial charge in [-0.25, -0.2) is 9.48 Å². The molecule has 4 nitrogen and oxygen atoms in total. The monoisotopic (exact) mass is 666 g/mol. The van der Waals surface area contributed by atoms with E-state index in [-0.39, 0.29) is 11.1 Å². The third-order valence-corrected chi connectivity index (χ3v) is 11.1. The third-order valence-electron chi connectivity index (χ3n) is 11.1. The maximum absolute atomic E-state index is 13.0. The van der Waals surface area contributed by atoms with Crippen molar-refractivity contribution in [2.75, 3.05) is 0 Å². The fraction of sp³-hybridized carbons (Fsp3) is 0.391. The van der Waals surface area contributed by atoms with E-state index >= 15 is 0 Å². The highest BCUT2D eigenvalue weighted by Crippen LogP contribution is 2.41. The first-order valence-electron chi connectivity index (χ1n) is 18.4. The molecule has 0 atom stereocenters. The first-order chi connectivity index (χ1) is 23.6. The molecule has 4 aliphatic carbocycles. The van der Waals surface area contributed by atoms with Gasteiger partial charge < -0.3 is 10.4 Å². The van der Waals surface area contributed by atoms with E-state index in [1.54, 1.807) is 0 Å². The zero-order valence-corrected chi connectivity index (χ0v) is 31.8. The van der Waals surface area contributed by atoms with Crippen LogP contribution in [0.25, 0.3) is 46.6 Å². The predicted molar refractivity (Wildman–Crippen MR) is 215 cm³/mol. The van der Waals surface area contributed by atoms with Gasteiger partial charge in [0.05, 0.1) is 0 Å². The molecule has 0 aromatic heterocycles. The van der Waals surface area contributed by atoms with E-state index in [0.29, 0.717) is 11.8 Å². The van der Waals surface area contributed by atoms with Crippen LogP contribution in [0.4, 0.5) is 0 Å². The van der Waals surface area contributed by atoms with Crippen LogP contribution in [-0.2, 0) is 0 Å². The highest BCUT2D eigenvalue weighted by atomic mass is 16.5. The lowest BCUT2D eigenvalue weighted by molar-refractivity contribution is -0.530. The van der Waals surface area contributed by atoms with Crippen molar-refractivity contribution in [2.24, 2.45) is 0 Å². The molecule has 50 heavy (non-hydrogen) atoms. The molecule has 0 aromatic rings. The lowest BCUT2D eigenvalue weighted by Gasteiger charge is -2.17. The summed E-state index contributed by atoms with van der Waals surface area (Å²) in [6, 6.07) is 18.2. The number of hydrogen-bond donors (Lipinski definition) is 0. The summed E-state index contributed by atoms with van der Waals surface area (Å²) in [5.41, 5.74) is 15.5.